The standard InChI is InChI=1S/C24H34BN3O4/c1-23(2)17-11-18(23)24(3)19(12-17)31-25(32-24)20-5-4-10-28(20)21(29)14-27-22(30)16-8-6-15(13-26)7-9-16/h6-9,17-20H,4-5,10-14,26H2,1-3H3,(H,27,30)/t17-,18-,19?,20-,24-/m0/s1. The van der Waals surface area contributed by atoms with Gasteiger partial charge in [0.05, 0.1) is 24.2 Å². The molecule has 1 unspecified atom stereocenters. The summed E-state index contributed by atoms with van der Waals surface area (Å²) in [5.41, 5.74) is 7.11. The summed E-state index contributed by atoms with van der Waals surface area (Å²) in [6.45, 7) is 7.98. The van der Waals surface area contributed by atoms with E-state index in [0.29, 0.717) is 35.9 Å². The predicted octanol–water partition coefficient (Wildman–Crippen LogP) is 2.13. The summed E-state index contributed by atoms with van der Waals surface area (Å²) in [5, 5.41) is 2.76. The molecule has 172 valence electrons. The lowest BCUT2D eigenvalue weighted by Gasteiger charge is -2.64. The Morgan fingerprint density at radius 2 is 1.97 bits per heavy atom. The van der Waals surface area contributed by atoms with Gasteiger partial charge < -0.3 is 25.3 Å². The van der Waals surface area contributed by atoms with Crippen LogP contribution in [0.3, 0.4) is 0 Å². The molecule has 2 saturated heterocycles. The van der Waals surface area contributed by atoms with E-state index in [1.54, 1.807) is 12.1 Å². The number of carbonyl (C=O) groups is 2. The highest BCUT2D eigenvalue weighted by Crippen LogP contribution is 2.65. The van der Waals surface area contributed by atoms with E-state index in [2.05, 4.69) is 26.1 Å². The van der Waals surface area contributed by atoms with Crippen molar-refractivity contribution in [2.75, 3.05) is 13.1 Å². The lowest BCUT2D eigenvalue weighted by atomic mass is 9.43. The Morgan fingerprint density at radius 3 is 2.66 bits per heavy atom. The number of nitrogens with zero attached hydrogens (tertiary/aromatic N) is 1. The van der Waals surface area contributed by atoms with Crippen LogP contribution in [0.5, 0.6) is 0 Å². The average molecular weight is 439 g/mol. The van der Waals surface area contributed by atoms with Crippen molar-refractivity contribution in [3.8, 4) is 0 Å². The van der Waals surface area contributed by atoms with Gasteiger partial charge in [-0.05, 0) is 67.6 Å². The van der Waals surface area contributed by atoms with E-state index in [-0.39, 0.29) is 43.1 Å². The minimum atomic E-state index is -0.383. The van der Waals surface area contributed by atoms with Gasteiger partial charge in [-0.15, -0.1) is 0 Å². The van der Waals surface area contributed by atoms with Gasteiger partial charge in [0.25, 0.3) is 5.91 Å². The minimum Gasteiger partial charge on any atom is -0.404 e. The normalized spacial score (nSPS) is 34.8. The second-order valence-electron chi connectivity index (χ2n) is 10.7. The number of nitrogens with one attached hydrogen (secondary N) is 1. The monoisotopic (exact) mass is 439 g/mol. The van der Waals surface area contributed by atoms with Crippen LogP contribution in [0.1, 0.15) is 62.4 Å². The maximum absolute atomic E-state index is 13.0. The van der Waals surface area contributed by atoms with Gasteiger partial charge in [0.1, 0.15) is 0 Å². The zero-order chi connectivity index (χ0) is 22.7. The highest BCUT2D eigenvalue weighted by atomic mass is 16.7. The van der Waals surface area contributed by atoms with Gasteiger partial charge in [0.2, 0.25) is 5.91 Å². The second kappa shape index (κ2) is 7.85. The molecule has 1 aromatic carbocycles. The van der Waals surface area contributed by atoms with Crippen LogP contribution in [0.15, 0.2) is 24.3 Å². The third kappa shape index (κ3) is 3.38. The summed E-state index contributed by atoms with van der Waals surface area (Å²) in [4.78, 5) is 27.3. The molecule has 5 atom stereocenters. The van der Waals surface area contributed by atoms with Gasteiger partial charge in [0, 0.05) is 18.7 Å². The summed E-state index contributed by atoms with van der Waals surface area (Å²) in [5.74, 6) is 0.761. The van der Waals surface area contributed by atoms with Crippen LogP contribution >= 0.6 is 0 Å². The zero-order valence-corrected chi connectivity index (χ0v) is 19.3. The lowest BCUT2D eigenvalue weighted by Crippen LogP contribution is -2.65. The molecule has 5 fully saturated rings. The van der Waals surface area contributed by atoms with Gasteiger partial charge in [0.15, 0.2) is 0 Å². The first kappa shape index (κ1) is 21.9. The van der Waals surface area contributed by atoms with Gasteiger partial charge in [-0.1, -0.05) is 26.0 Å². The molecule has 8 heteroatoms. The zero-order valence-electron chi connectivity index (χ0n) is 19.3. The van der Waals surface area contributed by atoms with Crippen molar-refractivity contribution in [2.24, 2.45) is 23.0 Å². The van der Waals surface area contributed by atoms with E-state index in [1.165, 1.54) is 6.42 Å². The summed E-state index contributed by atoms with van der Waals surface area (Å²) in [6.07, 6.45) is 4.15. The topological polar surface area (TPSA) is 93.9 Å². The Hall–Kier alpha value is -1.90. The Kier molecular flexibility index (Phi) is 5.38. The highest BCUT2D eigenvalue weighted by Gasteiger charge is 2.69. The number of rotatable bonds is 5. The third-order valence-electron chi connectivity index (χ3n) is 8.75. The molecule has 2 bridgehead atoms. The first-order valence-corrected chi connectivity index (χ1v) is 11.9. The quantitative estimate of drug-likeness (QED) is 0.686. The van der Waals surface area contributed by atoms with Crippen molar-refractivity contribution in [1.29, 1.82) is 0 Å². The largest absolute Gasteiger partial charge is 0.481 e. The molecule has 0 radical (unpaired) electrons. The van der Waals surface area contributed by atoms with Crippen molar-refractivity contribution >= 4 is 18.9 Å². The Bertz CT molecular complexity index is 907. The molecule has 7 nitrogen and oxygen atoms in total. The number of likely N-dealkylation sites (tertiary alicyclic amines) is 1. The van der Waals surface area contributed by atoms with E-state index >= 15 is 0 Å². The molecule has 2 aliphatic heterocycles. The van der Waals surface area contributed by atoms with Gasteiger partial charge >= 0.3 is 7.12 Å². The van der Waals surface area contributed by atoms with Crippen LogP contribution in [0.25, 0.3) is 0 Å². The number of nitrogens with two attached hydrogens (primary N) is 1. The number of benzene rings is 1. The van der Waals surface area contributed by atoms with Gasteiger partial charge in [-0.25, -0.2) is 0 Å². The Morgan fingerprint density at radius 1 is 1.22 bits per heavy atom. The van der Waals surface area contributed by atoms with Crippen LogP contribution in [0.4, 0.5) is 0 Å². The molecule has 1 aromatic rings. The van der Waals surface area contributed by atoms with Crippen LogP contribution in [-0.2, 0) is 20.6 Å². The minimum absolute atomic E-state index is 0.0287. The molecule has 3 saturated carbocycles. The third-order valence-corrected chi connectivity index (χ3v) is 8.75. The average Bonchev–Trinajstić information content (AvgIpc) is 3.40. The molecular weight excluding hydrogens is 405 g/mol. The van der Waals surface area contributed by atoms with Crippen molar-refractivity contribution in [1.82, 2.24) is 10.2 Å². The molecule has 3 N–H and O–H groups in total. The molecule has 3 aliphatic carbocycles. The molecule has 2 heterocycles. The fraction of sp³-hybridized carbons (Fsp3) is 0.667. The number of carbonyl (C=O) groups excluding carboxylic acids is 2. The second-order valence-corrected chi connectivity index (χ2v) is 10.7. The first-order chi connectivity index (χ1) is 15.2. The fourth-order valence-electron chi connectivity index (χ4n) is 6.60. The smallest absolute Gasteiger partial charge is 0.404 e. The van der Waals surface area contributed by atoms with E-state index in [0.717, 1.165) is 24.8 Å². The van der Waals surface area contributed by atoms with Gasteiger partial charge in [-0.3, -0.25) is 9.59 Å². The first-order valence-electron chi connectivity index (χ1n) is 11.9. The summed E-state index contributed by atoms with van der Waals surface area (Å²) >= 11 is 0. The van der Waals surface area contributed by atoms with Crippen LogP contribution in [-0.4, -0.2) is 54.6 Å². The molecule has 6 rings (SSSR count). The van der Waals surface area contributed by atoms with Crippen molar-refractivity contribution in [3.63, 3.8) is 0 Å². The maximum Gasteiger partial charge on any atom is 0.481 e. The lowest BCUT2D eigenvalue weighted by molar-refractivity contribution is -0.199. The van der Waals surface area contributed by atoms with Crippen molar-refractivity contribution < 1.29 is 18.9 Å². The molecule has 0 aromatic heterocycles. The van der Waals surface area contributed by atoms with E-state index < -0.39 is 0 Å². The highest BCUT2D eigenvalue weighted by molar-refractivity contribution is 6.48. The Balaban J connectivity index is 1.20. The van der Waals surface area contributed by atoms with Crippen LogP contribution in [0.2, 0.25) is 0 Å². The van der Waals surface area contributed by atoms with E-state index in [1.807, 2.05) is 17.0 Å². The van der Waals surface area contributed by atoms with Crippen LogP contribution in [0, 0.1) is 17.3 Å². The maximum atomic E-state index is 13.0. The summed E-state index contributed by atoms with van der Waals surface area (Å²) < 4.78 is 13.0. The van der Waals surface area contributed by atoms with Crippen molar-refractivity contribution in [2.45, 2.75) is 70.6 Å². The predicted molar refractivity (Wildman–Crippen MR) is 122 cm³/mol. The molecule has 0 spiro atoms. The number of hydrogen-bond donors (Lipinski definition) is 2. The molecule has 5 aliphatic rings. The van der Waals surface area contributed by atoms with Gasteiger partial charge in [-0.2, -0.15) is 0 Å². The number of hydrogen-bond acceptors (Lipinski definition) is 5. The summed E-state index contributed by atoms with van der Waals surface area (Å²) in [6, 6.07) is 7.12. The molecular formula is C24H34BN3O4. The molecule has 2 amide bonds. The fourth-order valence-corrected chi connectivity index (χ4v) is 6.60. The number of amides is 2. The molecule has 32 heavy (non-hydrogen) atoms. The van der Waals surface area contributed by atoms with E-state index in [9.17, 15) is 9.59 Å². The van der Waals surface area contributed by atoms with E-state index in [4.69, 9.17) is 15.0 Å². The Labute approximate surface area is 190 Å². The summed E-state index contributed by atoms with van der Waals surface area (Å²) in [7, 11) is -0.383. The van der Waals surface area contributed by atoms with Crippen LogP contribution < -0.4 is 11.1 Å². The van der Waals surface area contributed by atoms with Crippen molar-refractivity contribution in [3.05, 3.63) is 35.4 Å². The SMILES string of the molecule is CC1(C)[C@@H]2CC3OB([C@@H]4CCCN4C(=O)CNC(=O)c4ccc(CN)cc4)O[C@@]3(C)[C@H]1C2.